The summed E-state index contributed by atoms with van der Waals surface area (Å²) < 4.78 is 0. The van der Waals surface area contributed by atoms with Crippen molar-refractivity contribution in [3.8, 4) is 5.75 Å². The molecular weight excluding hydrogens is 433 g/mol. The summed E-state index contributed by atoms with van der Waals surface area (Å²) in [7, 11) is 4.89. The van der Waals surface area contributed by atoms with Crippen molar-refractivity contribution in [1.29, 1.82) is 0 Å². The molecule has 0 radical (unpaired) electrons. The van der Waals surface area contributed by atoms with E-state index in [0.717, 1.165) is 24.1 Å². The minimum absolute atomic E-state index is 0.0225. The first-order valence-electron chi connectivity index (χ1n) is 13.0. The van der Waals surface area contributed by atoms with Gasteiger partial charge in [0.2, 0.25) is 0 Å². The third-order valence-corrected chi connectivity index (χ3v) is 8.94. The molecule has 0 heterocycles. The van der Waals surface area contributed by atoms with Gasteiger partial charge in [0, 0.05) is 17.3 Å². The molecule has 0 fully saturated rings. The SMILES string of the molecule is CCCCCC(C)(Pc1c(C)cccc1CN(C)C)c1cc(C(C)(C)C)cc(C(C)(C)C)c1O. The van der Waals surface area contributed by atoms with Crippen molar-refractivity contribution in [2.24, 2.45) is 0 Å². The van der Waals surface area contributed by atoms with Gasteiger partial charge in [-0.15, -0.1) is 0 Å². The maximum absolute atomic E-state index is 11.8. The summed E-state index contributed by atoms with van der Waals surface area (Å²) in [6.45, 7) is 21.3. The van der Waals surface area contributed by atoms with E-state index < -0.39 is 0 Å². The smallest absolute Gasteiger partial charge is 0.123 e. The second-order valence-corrected chi connectivity index (χ2v) is 14.5. The molecule has 0 spiro atoms. The maximum atomic E-state index is 11.8. The Labute approximate surface area is 212 Å². The molecule has 0 aliphatic carbocycles. The molecule has 0 bridgehead atoms. The Balaban J connectivity index is 2.77. The highest BCUT2D eigenvalue weighted by Gasteiger charge is 2.35. The molecule has 190 valence electrons. The van der Waals surface area contributed by atoms with E-state index in [1.54, 1.807) is 0 Å². The molecule has 2 nitrogen and oxygen atoms in total. The first-order chi connectivity index (χ1) is 15.6. The largest absolute Gasteiger partial charge is 0.507 e. The van der Waals surface area contributed by atoms with E-state index in [-0.39, 0.29) is 16.0 Å². The third kappa shape index (κ3) is 7.08. The van der Waals surface area contributed by atoms with Crippen LogP contribution in [0.1, 0.15) is 109 Å². The molecule has 0 aromatic heterocycles. The van der Waals surface area contributed by atoms with Gasteiger partial charge in [-0.25, -0.2) is 0 Å². The Morgan fingerprint density at radius 2 is 1.50 bits per heavy atom. The van der Waals surface area contributed by atoms with Crippen LogP contribution < -0.4 is 5.30 Å². The predicted octanol–water partition coefficient (Wildman–Crippen LogP) is 8.16. The first kappa shape index (κ1) is 28.9. The van der Waals surface area contributed by atoms with Crippen LogP contribution >= 0.6 is 8.58 Å². The van der Waals surface area contributed by atoms with Crippen LogP contribution in [-0.2, 0) is 22.5 Å². The second-order valence-electron chi connectivity index (χ2n) is 12.7. The highest BCUT2D eigenvalue weighted by molar-refractivity contribution is 7.48. The van der Waals surface area contributed by atoms with Gasteiger partial charge in [0.1, 0.15) is 5.75 Å². The van der Waals surface area contributed by atoms with Gasteiger partial charge in [0.15, 0.2) is 0 Å². The van der Waals surface area contributed by atoms with Crippen LogP contribution in [0.4, 0.5) is 0 Å². The van der Waals surface area contributed by atoms with Crippen molar-refractivity contribution >= 4 is 13.9 Å². The zero-order chi connectivity index (χ0) is 25.9. The first-order valence-corrected chi connectivity index (χ1v) is 14.0. The average molecular weight is 484 g/mol. The van der Waals surface area contributed by atoms with Gasteiger partial charge in [0.25, 0.3) is 0 Å². The summed E-state index contributed by atoms with van der Waals surface area (Å²) in [6.07, 6.45) is 4.69. The lowest BCUT2D eigenvalue weighted by molar-refractivity contribution is 0.403. The Hall–Kier alpha value is -1.37. The third-order valence-electron chi connectivity index (χ3n) is 6.91. The lowest BCUT2D eigenvalue weighted by Crippen LogP contribution is -2.26. The molecule has 0 amide bonds. The number of aromatic hydroxyl groups is 1. The monoisotopic (exact) mass is 483 g/mol. The molecule has 2 atom stereocenters. The molecule has 0 aliphatic rings. The van der Waals surface area contributed by atoms with Gasteiger partial charge in [-0.05, 0) is 65.8 Å². The molecular formula is C31H50NOP. The van der Waals surface area contributed by atoms with E-state index in [1.165, 1.54) is 41.3 Å². The number of unbranched alkanes of at least 4 members (excludes halogenated alkanes) is 2. The fourth-order valence-electron chi connectivity index (χ4n) is 4.71. The average Bonchev–Trinajstić information content (AvgIpc) is 2.69. The van der Waals surface area contributed by atoms with Gasteiger partial charge in [-0.1, -0.05) is 114 Å². The molecule has 2 rings (SSSR count). The minimum Gasteiger partial charge on any atom is -0.507 e. The Kier molecular flexibility index (Phi) is 9.45. The molecule has 2 aromatic rings. The van der Waals surface area contributed by atoms with Crippen LogP contribution in [-0.4, -0.2) is 24.1 Å². The summed E-state index contributed by atoms with van der Waals surface area (Å²) >= 11 is 0. The van der Waals surface area contributed by atoms with E-state index in [1.807, 2.05) is 0 Å². The molecule has 1 N–H and O–H groups in total. The zero-order valence-electron chi connectivity index (χ0n) is 23.8. The van der Waals surface area contributed by atoms with Crippen LogP contribution in [0.2, 0.25) is 0 Å². The number of rotatable bonds is 9. The number of phenols is 1. The van der Waals surface area contributed by atoms with Crippen molar-refractivity contribution in [1.82, 2.24) is 4.90 Å². The number of aryl methyl sites for hydroxylation is 1. The zero-order valence-corrected chi connectivity index (χ0v) is 24.8. The van der Waals surface area contributed by atoms with Gasteiger partial charge in [-0.3, -0.25) is 0 Å². The number of hydrogen-bond acceptors (Lipinski definition) is 2. The highest BCUT2D eigenvalue weighted by atomic mass is 31.1. The minimum atomic E-state index is -0.119. The van der Waals surface area contributed by atoms with Gasteiger partial charge in [0.05, 0.1) is 0 Å². The Morgan fingerprint density at radius 1 is 0.882 bits per heavy atom. The quantitative estimate of drug-likeness (QED) is 0.287. The van der Waals surface area contributed by atoms with E-state index in [4.69, 9.17) is 0 Å². The molecule has 2 unspecified atom stereocenters. The Morgan fingerprint density at radius 3 is 2.03 bits per heavy atom. The molecule has 0 aliphatic heterocycles. The maximum Gasteiger partial charge on any atom is 0.123 e. The number of benzene rings is 2. The molecule has 0 saturated heterocycles. The van der Waals surface area contributed by atoms with E-state index in [2.05, 4.69) is 112 Å². The lowest BCUT2D eigenvalue weighted by atomic mass is 9.77. The van der Waals surface area contributed by atoms with Crippen molar-refractivity contribution in [3.63, 3.8) is 0 Å². The number of hydrogen-bond donors (Lipinski definition) is 1. The van der Waals surface area contributed by atoms with Crippen molar-refractivity contribution < 1.29 is 5.11 Å². The van der Waals surface area contributed by atoms with Gasteiger partial charge in [-0.2, -0.15) is 0 Å². The van der Waals surface area contributed by atoms with Crippen molar-refractivity contribution in [3.05, 3.63) is 58.1 Å². The summed E-state index contributed by atoms with van der Waals surface area (Å²) in [5, 5.41) is 13.1. The Bertz CT molecular complexity index is 965. The highest BCUT2D eigenvalue weighted by Crippen LogP contribution is 2.52. The van der Waals surface area contributed by atoms with Gasteiger partial charge < -0.3 is 10.0 Å². The van der Waals surface area contributed by atoms with Crippen LogP contribution in [0.15, 0.2) is 30.3 Å². The summed E-state index contributed by atoms with van der Waals surface area (Å²) in [5.41, 5.74) is 6.20. The topological polar surface area (TPSA) is 23.5 Å². The summed E-state index contributed by atoms with van der Waals surface area (Å²) in [5.74, 6) is 0.509. The van der Waals surface area contributed by atoms with Crippen LogP contribution in [0, 0.1) is 6.92 Å². The molecule has 2 aromatic carbocycles. The molecule has 34 heavy (non-hydrogen) atoms. The van der Waals surface area contributed by atoms with Gasteiger partial charge >= 0.3 is 0 Å². The van der Waals surface area contributed by atoms with Crippen LogP contribution in [0.3, 0.4) is 0 Å². The normalized spacial score (nSPS) is 14.8. The predicted molar refractivity (Wildman–Crippen MR) is 154 cm³/mol. The van der Waals surface area contributed by atoms with E-state index >= 15 is 0 Å². The fraction of sp³-hybridized carbons (Fsp3) is 0.613. The number of nitrogens with zero attached hydrogens (tertiary/aromatic N) is 1. The fourth-order valence-corrected chi connectivity index (χ4v) is 6.49. The van der Waals surface area contributed by atoms with Crippen molar-refractivity contribution in [2.45, 2.75) is 111 Å². The van der Waals surface area contributed by atoms with E-state index in [9.17, 15) is 5.11 Å². The van der Waals surface area contributed by atoms with E-state index in [0.29, 0.717) is 14.3 Å². The molecule has 0 saturated carbocycles. The molecule has 3 heteroatoms. The summed E-state index contributed by atoms with van der Waals surface area (Å²) in [6, 6.07) is 11.3. The van der Waals surface area contributed by atoms with Crippen LogP contribution in [0.5, 0.6) is 5.75 Å². The lowest BCUT2D eigenvalue weighted by Gasteiger charge is -2.36. The summed E-state index contributed by atoms with van der Waals surface area (Å²) in [4.78, 5) is 2.26. The second kappa shape index (κ2) is 11.1. The number of phenolic OH excluding ortho intramolecular Hbond substituents is 1. The van der Waals surface area contributed by atoms with Crippen molar-refractivity contribution in [2.75, 3.05) is 14.1 Å². The standard InChI is InChI=1S/C31H50NOP/c1-12-13-14-18-31(9,34-28-22(2)16-15-17-23(28)21-32(10)11)26-20-24(29(3,4)5)19-25(27(26)33)30(6,7)8/h15-17,19-20,33-34H,12-14,18,21H2,1-11H3. The van der Waals surface area contributed by atoms with Crippen LogP contribution in [0.25, 0.3) is 0 Å².